The van der Waals surface area contributed by atoms with Crippen LogP contribution in [0.25, 0.3) is 0 Å². The largest absolute Gasteiger partial charge is 0.720 e. The molecule has 1 heterocycles. The Kier molecular flexibility index (Phi) is 68.1. The third-order valence-corrected chi connectivity index (χ3v) is 24.5. The number of hydrogen-bond acceptors (Lipinski definition) is 12. The molecule has 0 amide bonds. The first-order chi connectivity index (χ1) is 47.1. The van der Waals surface area contributed by atoms with Crippen LogP contribution in [0.15, 0.2) is 30.3 Å². The molecular formula is C68H155F17O12Si11. The van der Waals surface area contributed by atoms with Gasteiger partial charge in [-0.2, -0.15) is 70.2 Å². The molecule has 1 fully saturated rings. The monoisotopic (exact) mass is 1790 g/mol. The van der Waals surface area contributed by atoms with Gasteiger partial charge in [0, 0.05) is 151 Å². The van der Waals surface area contributed by atoms with Crippen molar-refractivity contribution in [3.8, 4) is 0 Å². The smallest absolute Gasteiger partial charge is 0.398 e. The van der Waals surface area contributed by atoms with E-state index >= 15 is 0 Å². The van der Waals surface area contributed by atoms with E-state index in [1.54, 1.807) is 49.0 Å². The molecule has 2 rings (SSSR count). The fourth-order valence-electron chi connectivity index (χ4n) is 6.12. The van der Waals surface area contributed by atoms with Crippen molar-refractivity contribution >= 4 is 96.8 Å². The number of hydrogen-bond donors (Lipinski definition) is 0. The van der Waals surface area contributed by atoms with E-state index in [1.807, 2.05) is 30.3 Å². The Balaban J connectivity index is -0.000000130. The van der Waals surface area contributed by atoms with E-state index in [2.05, 4.69) is 177 Å². The SMILES string of the molecule is C.CCO[Si](F)(OCC)OCC.CC[Si](CCC(F)(F)C(F)(F)C(F)(F)C(F)(F)C(F)(F)C(F)(F)F)(OC)OC.CC[Si](CCC(F)(F)F)(OC)OC.CO[Si](OC)(OC)c1ccccc1.C[Si](C)(C)C.C[Si](C)(C)C.C[Si](C)(C)C.C[Si](C)(C)C.C[Si](C)(C)C.C[Si](C)(C)C.C[Si](C)(C)CCCOCC1CO1. The van der Waals surface area contributed by atoms with Crippen molar-refractivity contribution in [2.75, 3.05) is 89.4 Å². The standard InChI is InChI=1S/C12H15F13O2Si.C9H14O3Si.C9H20O2Si.C7H15F3O2Si.C6H15FO3Si.6C4H12Si.CH4/c1-4-28(26-2,27-3)6-5-7(13,14)8(15,16)9(17,18)10(19,20)11(21,22)12(23,24)25;1-10-13(11-2,12-3)9-7-5-4-6-8-9;1-12(2,3)6-4-5-10-7-9-8-11-9;1-4-13(11-2,12-3)6-5-7(8,9)10;1-4-8-11(7,9-5-2)10-6-3;6*1-5(2,3)4;/h4-6H2,1-3H3;4-8H,1-3H3;9H,4-8H2,1-3H3;4-6H2,1-3H3;4-6H2,1-3H3;6*1-4H3;1H4. The number of rotatable bonds is 31. The summed E-state index contributed by atoms with van der Waals surface area (Å²) in [5.74, 6) is -36.7. The first kappa shape index (κ1) is 129. The van der Waals surface area contributed by atoms with E-state index in [0.717, 1.165) is 39.2 Å². The van der Waals surface area contributed by atoms with Crippen LogP contribution in [-0.2, 0) is 53.7 Å². The van der Waals surface area contributed by atoms with Gasteiger partial charge in [-0.25, -0.2) is 4.11 Å². The Morgan fingerprint density at radius 3 is 0.870 bits per heavy atom. The van der Waals surface area contributed by atoms with Crippen molar-refractivity contribution in [1.29, 1.82) is 0 Å². The molecule has 0 aliphatic carbocycles. The first-order valence-electron chi connectivity index (χ1n) is 35.8. The number of benzene rings is 1. The molecule has 1 atom stereocenters. The van der Waals surface area contributed by atoms with Crippen LogP contribution in [0.3, 0.4) is 0 Å². The highest BCUT2D eigenvalue weighted by molar-refractivity contribution is 6.77. The summed E-state index contributed by atoms with van der Waals surface area (Å²) in [5, 5.41) is 0.975. The summed E-state index contributed by atoms with van der Waals surface area (Å²) in [6, 6.07) is 10.3. The van der Waals surface area contributed by atoms with E-state index in [9.17, 15) is 74.4 Å². The maximum absolute atomic E-state index is 13.7. The van der Waals surface area contributed by atoms with Gasteiger partial charge in [-0.05, 0) is 51.4 Å². The maximum atomic E-state index is 13.7. The average molecular weight is 1800 g/mol. The number of epoxide rings is 1. The van der Waals surface area contributed by atoms with Gasteiger partial charge in [-0.1, -0.05) is 234 Å². The van der Waals surface area contributed by atoms with E-state index in [1.165, 1.54) is 33.6 Å². The van der Waals surface area contributed by atoms with Crippen LogP contribution in [0.4, 0.5) is 74.4 Å². The Morgan fingerprint density at radius 1 is 0.389 bits per heavy atom. The Hall–Kier alpha value is -0.0643. The molecule has 0 spiro atoms. The third kappa shape index (κ3) is 75.9. The lowest BCUT2D eigenvalue weighted by Crippen LogP contribution is -2.70. The van der Waals surface area contributed by atoms with E-state index < -0.39 is 152 Å². The van der Waals surface area contributed by atoms with Gasteiger partial charge >= 0.3 is 77.0 Å². The quantitative estimate of drug-likeness (QED) is 0.0232. The molecule has 0 N–H and O–H groups in total. The predicted octanol–water partition coefficient (Wildman–Crippen LogP) is 25.3. The molecule has 0 saturated carbocycles. The summed E-state index contributed by atoms with van der Waals surface area (Å²) in [5.41, 5.74) is 0. The number of halogens is 17. The zero-order valence-electron chi connectivity index (χ0n) is 73.2. The molecule has 40 heteroatoms. The third-order valence-electron chi connectivity index (χ3n) is 11.0. The summed E-state index contributed by atoms with van der Waals surface area (Å²) >= 11 is 0. The topological polar surface area (TPSA) is 114 Å². The molecule has 1 unspecified atom stereocenters. The lowest BCUT2D eigenvalue weighted by Gasteiger charge is -2.40. The van der Waals surface area contributed by atoms with Crippen LogP contribution in [0.5, 0.6) is 0 Å². The fourth-order valence-corrected chi connectivity index (χ4v) is 14.8. The summed E-state index contributed by atoms with van der Waals surface area (Å²) < 4.78 is 278. The molecule has 1 aliphatic heterocycles. The van der Waals surface area contributed by atoms with Crippen molar-refractivity contribution < 1.29 is 128 Å². The lowest BCUT2D eigenvalue weighted by atomic mass is 9.93. The van der Waals surface area contributed by atoms with E-state index in [-0.39, 0.29) is 39.3 Å². The molecule has 1 aliphatic rings. The highest BCUT2D eigenvalue weighted by atomic mass is 28.4. The summed E-state index contributed by atoms with van der Waals surface area (Å²) in [7, 11) is -7.59. The van der Waals surface area contributed by atoms with Crippen LogP contribution in [0.2, 0.25) is 207 Å². The van der Waals surface area contributed by atoms with Crippen LogP contribution in [-0.4, -0.2) is 229 Å². The zero-order chi connectivity index (χ0) is 88.1. The minimum atomic E-state index is -7.88. The molecule has 1 saturated heterocycles. The van der Waals surface area contributed by atoms with Gasteiger partial charge in [0.25, 0.3) is 0 Å². The second-order valence-corrected chi connectivity index (χ2v) is 89.5. The summed E-state index contributed by atoms with van der Waals surface area (Å²) in [6.07, 6.45) is -13.0. The van der Waals surface area contributed by atoms with Gasteiger partial charge in [0.15, 0.2) is 0 Å². The van der Waals surface area contributed by atoms with E-state index in [4.69, 9.17) is 53.7 Å². The van der Waals surface area contributed by atoms with Crippen LogP contribution < -0.4 is 5.19 Å². The lowest BCUT2D eigenvalue weighted by molar-refractivity contribution is -0.440. The van der Waals surface area contributed by atoms with Gasteiger partial charge in [-0.3, -0.25) is 0 Å². The van der Waals surface area contributed by atoms with Crippen molar-refractivity contribution in [2.24, 2.45) is 0 Å². The number of ether oxygens (including phenoxy) is 2. The van der Waals surface area contributed by atoms with Crippen molar-refractivity contribution in [3.63, 3.8) is 0 Å². The molecule has 0 radical (unpaired) electrons. The Morgan fingerprint density at radius 2 is 0.657 bits per heavy atom. The molecule has 662 valence electrons. The minimum absolute atomic E-state index is 0. The van der Waals surface area contributed by atoms with Gasteiger partial charge in [0.2, 0.25) is 0 Å². The van der Waals surface area contributed by atoms with Crippen molar-refractivity contribution in [2.45, 2.75) is 316 Å². The van der Waals surface area contributed by atoms with E-state index in [0.29, 0.717) is 12.1 Å². The molecule has 0 aromatic heterocycles. The van der Waals surface area contributed by atoms with Gasteiger partial charge in [-0.15, -0.1) is 0 Å². The van der Waals surface area contributed by atoms with Crippen LogP contribution in [0.1, 0.15) is 61.3 Å². The molecule has 12 nitrogen and oxygen atoms in total. The second-order valence-electron chi connectivity index (χ2n) is 35.5. The zero-order valence-corrected chi connectivity index (χ0v) is 84.2. The van der Waals surface area contributed by atoms with Gasteiger partial charge < -0.3 is 53.7 Å². The molecule has 1 aromatic rings. The van der Waals surface area contributed by atoms with Crippen molar-refractivity contribution in [3.05, 3.63) is 30.3 Å². The fraction of sp³-hybridized carbons (Fsp3) is 0.912. The Bertz CT molecular complexity index is 2100. The summed E-state index contributed by atoms with van der Waals surface area (Å²) in [4.78, 5) is 0. The van der Waals surface area contributed by atoms with Gasteiger partial charge in [0.05, 0.1) is 13.2 Å². The number of alkyl halides is 16. The van der Waals surface area contributed by atoms with Crippen molar-refractivity contribution in [1.82, 2.24) is 0 Å². The predicted molar refractivity (Wildman–Crippen MR) is 446 cm³/mol. The maximum Gasteiger partial charge on any atom is 0.720 e. The minimum Gasteiger partial charge on any atom is -0.398 e. The second kappa shape index (κ2) is 57.1. The summed E-state index contributed by atoms with van der Waals surface area (Å²) in [6.45, 7) is 74.7. The van der Waals surface area contributed by atoms with Gasteiger partial charge in [0.1, 0.15) is 6.10 Å². The van der Waals surface area contributed by atoms with Crippen LogP contribution >= 0.6 is 0 Å². The molecule has 0 bridgehead atoms. The highest BCUT2D eigenvalue weighted by Crippen LogP contribution is 2.61. The first-order valence-corrected chi connectivity index (χ1v) is 71.3. The molecule has 108 heavy (non-hydrogen) atoms. The Labute approximate surface area is 657 Å². The molecule has 1 aromatic carbocycles. The van der Waals surface area contributed by atoms with Crippen LogP contribution in [0, 0.1) is 0 Å². The average Bonchev–Trinajstić information content (AvgIpc) is 1.25. The normalized spacial score (nSPS) is 14.2. The molecular weight excluding hydrogens is 1640 g/mol. The highest BCUT2D eigenvalue weighted by Gasteiger charge is 2.90.